The zero-order valence-electron chi connectivity index (χ0n) is 14.2. The Hall–Kier alpha value is -2.15. The molecule has 3 aromatic rings. The van der Waals surface area contributed by atoms with E-state index in [0.29, 0.717) is 11.6 Å². The summed E-state index contributed by atoms with van der Waals surface area (Å²) in [6.07, 6.45) is 3.28. The lowest BCUT2D eigenvalue weighted by Crippen LogP contribution is -2.53. The Bertz CT molecular complexity index is 870. The summed E-state index contributed by atoms with van der Waals surface area (Å²) in [5, 5.41) is 11.8. The van der Waals surface area contributed by atoms with Crippen LogP contribution in [0.1, 0.15) is 6.92 Å². The molecule has 2 N–H and O–H groups in total. The van der Waals surface area contributed by atoms with Gasteiger partial charge in [-0.2, -0.15) is 5.10 Å². The van der Waals surface area contributed by atoms with E-state index in [9.17, 15) is 0 Å². The van der Waals surface area contributed by atoms with E-state index in [1.54, 1.807) is 12.5 Å². The predicted molar refractivity (Wildman–Crippen MR) is 105 cm³/mol. The molecule has 1 aliphatic rings. The minimum atomic E-state index is -0.132. The number of halogens is 2. The lowest BCUT2D eigenvalue weighted by molar-refractivity contribution is 0.455. The zero-order chi connectivity index (χ0) is 18.1. The Morgan fingerprint density at radius 1 is 1.15 bits per heavy atom. The fraction of sp³-hybridized carbons (Fsp3) is 0.278. The van der Waals surface area contributed by atoms with E-state index in [2.05, 4.69) is 37.3 Å². The third kappa shape index (κ3) is 3.40. The van der Waals surface area contributed by atoms with Crippen LogP contribution >= 0.6 is 23.2 Å². The van der Waals surface area contributed by atoms with E-state index < -0.39 is 0 Å². The van der Waals surface area contributed by atoms with Gasteiger partial charge in [0.1, 0.15) is 11.8 Å². The van der Waals surface area contributed by atoms with Gasteiger partial charge in [0.05, 0.1) is 17.0 Å². The number of aromatic amines is 1. The first-order chi connectivity index (χ1) is 12.6. The van der Waals surface area contributed by atoms with Crippen LogP contribution in [0.25, 0.3) is 22.5 Å². The molecule has 1 aromatic carbocycles. The van der Waals surface area contributed by atoms with Gasteiger partial charge < -0.3 is 4.90 Å². The topological polar surface area (TPSA) is 69.7 Å². The van der Waals surface area contributed by atoms with Crippen LogP contribution in [0.5, 0.6) is 0 Å². The Labute approximate surface area is 161 Å². The first-order valence-corrected chi connectivity index (χ1v) is 9.19. The number of anilines is 1. The summed E-state index contributed by atoms with van der Waals surface area (Å²) in [4.78, 5) is 10.7. The molecular formula is C18H18Cl2N6. The summed E-state index contributed by atoms with van der Waals surface area (Å²) in [6.45, 7) is 3.58. The summed E-state index contributed by atoms with van der Waals surface area (Å²) in [6, 6.07) is 9.81. The minimum Gasteiger partial charge on any atom is -0.350 e. The van der Waals surface area contributed by atoms with Crippen LogP contribution in [-0.4, -0.2) is 44.8 Å². The number of nitrogens with one attached hydrogen (secondary N) is 2. The quantitative estimate of drug-likeness (QED) is 0.530. The second-order valence-corrected chi connectivity index (χ2v) is 7.30. The van der Waals surface area contributed by atoms with Gasteiger partial charge in [0, 0.05) is 35.9 Å². The van der Waals surface area contributed by atoms with E-state index in [1.165, 1.54) is 0 Å². The molecule has 1 aliphatic heterocycles. The summed E-state index contributed by atoms with van der Waals surface area (Å²) < 4.78 is 0. The van der Waals surface area contributed by atoms with Crippen LogP contribution in [0, 0.1) is 0 Å². The first-order valence-electron chi connectivity index (χ1n) is 8.37. The van der Waals surface area contributed by atoms with Crippen molar-refractivity contribution in [3.05, 3.63) is 47.9 Å². The standard InChI is InChI=1S/C18H18Cl2N6/c1-11-8-26(9-15(20)23-11)18-16(14-6-7-21-10-22-14)17(24-25-18)12-2-4-13(19)5-3-12/h2-7,10-11,15,23H,8-9H2,1H3,(H,24,25). The molecular weight excluding hydrogens is 371 g/mol. The van der Waals surface area contributed by atoms with Crippen LogP contribution in [0.4, 0.5) is 5.82 Å². The van der Waals surface area contributed by atoms with Crippen LogP contribution in [0.3, 0.4) is 0 Å². The summed E-state index contributed by atoms with van der Waals surface area (Å²) in [5.41, 5.74) is 3.51. The lowest BCUT2D eigenvalue weighted by atomic mass is 10.0. The van der Waals surface area contributed by atoms with Gasteiger partial charge in [0.15, 0.2) is 5.82 Å². The maximum absolute atomic E-state index is 6.36. The number of benzene rings is 1. The van der Waals surface area contributed by atoms with Gasteiger partial charge >= 0.3 is 0 Å². The molecule has 6 nitrogen and oxygen atoms in total. The van der Waals surface area contributed by atoms with Gasteiger partial charge in [-0.25, -0.2) is 9.97 Å². The molecule has 2 unspecified atom stereocenters. The minimum absolute atomic E-state index is 0.132. The zero-order valence-corrected chi connectivity index (χ0v) is 15.7. The molecule has 134 valence electrons. The summed E-state index contributed by atoms with van der Waals surface area (Å²) in [7, 11) is 0. The summed E-state index contributed by atoms with van der Waals surface area (Å²) >= 11 is 12.4. The third-order valence-electron chi connectivity index (χ3n) is 4.36. The highest BCUT2D eigenvalue weighted by Crippen LogP contribution is 2.37. The van der Waals surface area contributed by atoms with Crippen molar-refractivity contribution in [2.75, 3.05) is 18.0 Å². The van der Waals surface area contributed by atoms with Crippen molar-refractivity contribution in [3.63, 3.8) is 0 Å². The number of hydrogen-bond donors (Lipinski definition) is 2. The Morgan fingerprint density at radius 3 is 2.65 bits per heavy atom. The van der Waals surface area contributed by atoms with Crippen molar-refractivity contribution in [2.24, 2.45) is 0 Å². The highest BCUT2D eigenvalue weighted by molar-refractivity contribution is 6.30. The monoisotopic (exact) mass is 388 g/mol. The number of hydrogen-bond acceptors (Lipinski definition) is 5. The van der Waals surface area contributed by atoms with Crippen LogP contribution in [0.2, 0.25) is 5.02 Å². The molecule has 4 rings (SSSR count). The molecule has 3 heterocycles. The molecule has 0 saturated carbocycles. The largest absolute Gasteiger partial charge is 0.350 e. The maximum atomic E-state index is 6.36. The summed E-state index contributed by atoms with van der Waals surface area (Å²) in [5.74, 6) is 0.840. The second kappa shape index (κ2) is 7.23. The van der Waals surface area contributed by atoms with Gasteiger partial charge in [-0.05, 0) is 25.1 Å². The van der Waals surface area contributed by atoms with E-state index in [0.717, 1.165) is 34.9 Å². The molecule has 0 amide bonds. The SMILES string of the molecule is CC1CN(c2n[nH]c(-c3ccc(Cl)cc3)c2-c2ccncn2)CC(Cl)N1. The van der Waals surface area contributed by atoms with Crippen molar-refractivity contribution in [1.82, 2.24) is 25.5 Å². The van der Waals surface area contributed by atoms with Crippen molar-refractivity contribution in [1.29, 1.82) is 0 Å². The van der Waals surface area contributed by atoms with Gasteiger partial charge in [0.25, 0.3) is 0 Å². The van der Waals surface area contributed by atoms with Gasteiger partial charge in [-0.1, -0.05) is 23.7 Å². The molecule has 1 fully saturated rings. The molecule has 2 aromatic heterocycles. The number of rotatable bonds is 3. The maximum Gasteiger partial charge on any atom is 0.160 e. The third-order valence-corrected chi connectivity index (χ3v) is 4.87. The number of piperazine rings is 1. The van der Waals surface area contributed by atoms with Crippen LogP contribution in [0.15, 0.2) is 42.9 Å². The molecule has 26 heavy (non-hydrogen) atoms. The van der Waals surface area contributed by atoms with E-state index in [-0.39, 0.29) is 11.5 Å². The molecule has 0 spiro atoms. The van der Waals surface area contributed by atoms with Crippen molar-refractivity contribution in [2.45, 2.75) is 18.5 Å². The van der Waals surface area contributed by atoms with Gasteiger partial charge in [0.2, 0.25) is 0 Å². The van der Waals surface area contributed by atoms with Crippen molar-refractivity contribution >= 4 is 29.0 Å². The van der Waals surface area contributed by atoms with Gasteiger partial charge in [-0.15, -0.1) is 11.6 Å². The van der Waals surface area contributed by atoms with E-state index in [4.69, 9.17) is 23.2 Å². The fourth-order valence-electron chi connectivity index (χ4n) is 3.25. The molecule has 1 saturated heterocycles. The Kier molecular flexibility index (Phi) is 4.80. The van der Waals surface area contributed by atoms with Crippen molar-refractivity contribution in [3.8, 4) is 22.5 Å². The molecule has 0 radical (unpaired) electrons. The average molecular weight is 389 g/mol. The second-order valence-electron chi connectivity index (χ2n) is 6.34. The van der Waals surface area contributed by atoms with Crippen LogP contribution < -0.4 is 10.2 Å². The number of H-pyrrole nitrogens is 1. The lowest BCUT2D eigenvalue weighted by Gasteiger charge is -2.35. The highest BCUT2D eigenvalue weighted by Gasteiger charge is 2.28. The van der Waals surface area contributed by atoms with Gasteiger partial charge in [-0.3, -0.25) is 10.4 Å². The normalized spacial score (nSPS) is 20.3. The fourth-order valence-corrected chi connectivity index (χ4v) is 3.76. The van der Waals surface area contributed by atoms with Crippen LogP contribution in [-0.2, 0) is 0 Å². The first kappa shape index (κ1) is 17.3. The molecule has 8 heteroatoms. The smallest absolute Gasteiger partial charge is 0.160 e. The number of nitrogens with zero attached hydrogens (tertiary/aromatic N) is 4. The number of aromatic nitrogens is 4. The van der Waals surface area contributed by atoms with E-state index >= 15 is 0 Å². The molecule has 0 aliphatic carbocycles. The van der Waals surface area contributed by atoms with E-state index in [1.807, 2.05) is 30.3 Å². The predicted octanol–water partition coefficient (Wildman–Crippen LogP) is 3.55. The average Bonchev–Trinajstić information content (AvgIpc) is 3.07. The Morgan fingerprint density at radius 2 is 1.96 bits per heavy atom. The molecule has 0 bridgehead atoms. The highest BCUT2D eigenvalue weighted by atomic mass is 35.5. The Balaban J connectivity index is 1.83. The van der Waals surface area contributed by atoms with Crippen molar-refractivity contribution < 1.29 is 0 Å². The number of alkyl halides is 1. The molecule has 2 atom stereocenters.